The third-order valence-corrected chi connectivity index (χ3v) is 9.09. The normalized spacial score (nSPS) is 24.0. The minimum absolute atomic E-state index is 0.0107. The lowest BCUT2D eigenvalue weighted by atomic mass is 9.57. The van der Waals surface area contributed by atoms with Gasteiger partial charge in [0.1, 0.15) is 12.7 Å². The molecule has 2 aromatic rings. The molecule has 252 valence electrons. The molecule has 0 unspecified atom stereocenters. The Kier molecular flexibility index (Phi) is 11.8. The van der Waals surface area contributed by atoms with E-state index < -0.39 is 33.9 Å². The van der Waals surface area contributed by atoms with Crippen LogP contribution in [0.25, 0.3) is 0 Å². The summed E-state index contributed by atoms with van der Waals surface area (Å²) in [6.07, 6.45) is 11.9. The molecule has 2 aliphatic carbocycles. The van der Waals surface area contributed by atoms with Crippen molar-refractivity contribution in [3.05, 3.63) is 127 Å². The smallest absolute Gasteiger partial charge is 0.338 e. The van der Waals surface area contributed by atoms with Crippen molar-refractivity contribution in [1.29, 1.82) is 0 Å². The summed E-state index contributed by atoms with van der Waals surface area (Å²) in [6, 6.07) is 10.5. The van der Waals surface area contributed by atoms with E-state index in [9.17, 15) is 34.6 Å². The molecule has 12 heteroatoms. The Hall–Kier alpha value is -5.39. The molecule has 6 atom stereocenters. The first-order valence-electron chi connectivity index (χ1n) is 15.6. The van der Waals surface area contributed by atoms with Crippen molar-refractivity contribution in [2.45, 2.75) is 39.7 Å². The number of hydrogen-bond donors (Lipinski definition) is 0. The fourth-order valence-corrected chi connectivity index (χ4v) is 6.76. The van der Waals surface area contributed by atoms with Gasteiger partial charge in [0.25, 0.3) is 11.4 Å². The van der Waals surface area contributed by atoms with Crippen LogP contribution in [0.2, 0.25) is 0 Å². The number of ether oxygens (including phenoxy) is 3. The molecule has 1 fully saturated rings. The van der Waals surface area contributed by atoms with E-state index in [1.165, 1.54) is 61.7 Å². The third-order valence-electron chi connectivity index (χ3n) is 9.09. The standard InChI is InChI=1S/C36H38N2O10/c1-22-9-18-31(48-36(41)26-12-16-28(17-13-26)38(44)45)30-21-24(3)33(29(34(22)30)7-5-6-8-32(39)46-4)23(2)19-20-47-35(40)25-10-14-27(15-11-25)37(42)43/h5-8,10-17,19,21-22,29-31,33-34H,9,18,20H2,1-4H3/b7-5+,8-6+,23-19+/t22-,29+,30+,31-,33+,34-/m0/s1. The zero-order valence-corrected chi connectivity index (χ0v) is 27.1. The van der Waals surface area contributed by atoms with Crippen molar-refractivity contribution in [3.63, 3.8) is 0 Å². The Morgan fingerprint density at radius 1 is 0.896 bits per heavy atom. The number of fused-ring (bicyclic) bond motifs is 1. The molecule has 48 heavy (non-hydrogen) atoms. The number of nitro benzene ring substituents is 2. The van der Waals surface area contributed by atoms with Crippen LogP contribution in [0.15, 0.2) is 96.1 Å². The number of methoxy groups -OCH3 is 1. The summed E-state index contributed by atoms with van der Waals surface area (Å²) in [5.41, 5.74) is 2.20. The largest absolute Gasteiger partial charge is 0.466 e. The summed E-state index contributed by atoms with van der Waals surface area (Å²) in [5.74, 6) is -1.59. The molecule has 4 rings (SSSR count). The SMILES string of the molecule is COC(=O)/C=C/C=C/[C@H]1[C@H]2[C@H](C=C(C)[C@H]1/C(C)=C/COC(=O)c1ccc([N+](=O)[O-])cc1)[C@@H](OC(=O)c1ccc([N+](=O)[O-])cc1)CC[C@@H]2C. The average molecular weight is 659 g/mol. The van der Waals surface area contributed by atoms with Gasteiger partial charge in [-0.15, -0.1) is 0 Å². The summed E-state index contributed by atoms with van der Waals surface area (Å²) >= 11 is 0. The van der Waals surface area contributed by atoms with E-state index in [0.717, 1.165) is 17.6 Å². The van der Waals surface area contributed by atoms with Gasteiger partial charge in [0.2, 0.25) is 0 Å². The molecule has 0 amide bonds. The molecular weight excluding hydrogens is 620 g/mol. The minimum atomic E-state index is -0.604. The van der Waals surface area contributed by atoms with Gasteiger partial charge in [-0.05, 0) is 74.8 Å². The van der Waals surface area contributed by atoms with Crippen LogP contribution in [0.3, 0.4) is 0 Å². The van der Waals surface area contributed by atoms with Gasteiger partial charge in [0.05, 0.1) is 28.1 Å². The second-order valence-corrected chi connectivity index (χ2v) is 12.0. The fourth-order valence-electron chi connectivity index (χ4n) is 6.76. The molecule has 0 N–H and O–H groups in total. The molecule has 0 spiro atoms. The van der Waals surface area contributed by atoms with Crippen LogP contribution in [0.5, 0.6) is 0 Å². The number of nitro groups is 2. The number of carbonyl (C=O) groups excluding carboxylic acids is 3. The van der Waals surface area contributed by atoms with Crippen molar-refractivity contribution in [3.8, 4) is 0 Å². The number of benzene rings is 2. The van der Waals surface area contributed by atoms with E-state index in [-0.39, 0.29) is 58.7 Å². The topological polar surface area (TPSA) is 165 Å². The van der Waals surface area contributed by atoms with Gasteiger partial charge in [-0.2, -0.15) is 0 Å². The number of esters is 3. The number of hydrogen-bond acceptors (Lipinski definition) is 10. The van der Waals surface area contributed by atoms with Crippen LogP contribution < -0.4 is 0 Å². The van der Waals surface area contributed by atoms with E-state index >= 15 is 0 Å². The van der Waals surface area contributed by atoms with Crippen LogP contribution in [0, 0.1) is 49.8 Å². The Morgan fingerprint density at radius 3 is 2.04 bits per heavy atom. The predicted octanol–water partition coefficient (Wildman–Crippen LogP) is 6.97. The van der Waals surface area contributed by atoms with Crippen LogP contribution >= 0.6 is 0 Å². The third kappa shape index (κ3) is 8.49. The highest BCUT2D eigenvalue weighted by Gasteiger charge is 2.47. The molecule has 0 aromatic heterocycles. The molecule has 2 aliphatic rings. The summed E-state index contributed by atoms with van der Waals surface area (Å²) < 4.78 is 16.2. The molecule has 0 radical (unpaired) electrons. The first kappa shape index (κ1) is 35.5. The molecule has 2 aromatic carbocycles. The van der Waals surface area contributed by atoms with Gasteiger partial charge in [-0.3, -0.25) is 20.2 Å². The van der Waals surface area contributed by atoms with Crippen LogP contribution in [0.4, 0.5) is 11.4 Å². The highest BCUT2D eigenvalue weighted by atomic mass is 16.6. The maximum Gasteiger partial charge on any atom is 0.338 e. The molecule has 0 saturated heterocycles. The first-order chi connectivity index (χ1) is 22.9. The molecule has 0 heterocycles. The van der Waals surface area contributed by atoms with Crippen molar-refractivity contribution in [2.75, 3.05) is 13.7 Å². The van der Waals surface area contributed by atoms with Crippen molar-refractivity contribution in [1.82, 2.24) is 0 Å². The molecule has 1 saturated carbocycles. The number of nitrogens with zero attached hydrogens (tertiary/aromatic N) is 2. The highest BCUT2D eigenvalue weighted by molar-refractivity contribution is 5.90. The maximum absolute atomic E-state index is 13.2. The number of non-ortho nitro benzene ring substituents is 2. The lowest BCUT2D eigenvalue weighted by Crippen LogP contribution is -2.46. The van der Waals surface area contributed by atoms with E-state index in [1.54, 1.807) is 6.08 Å². The monoisotopic (exact) mass is 658 g/mol. The lowest BCUT2D eigenvalue weighted by Gasteiger charge is -2.49. The predicted molar refractivity (Wildman–Crippen MR) is 176 cm³/mol. The highest BCUT2D eigenvalue weighted by Crippen LogP contribution is 2.51. The van der Waals surface area contributed by atoms with Crippen molar-refractivity contribution >= 4 is 29.3 Å². The van der Waals surface area contributed by atoms with Gasteiger partial charge in [-0.25, -0.2) is 14.4 Å². The van der Waals surface area contributed by atoms with Gasteiger partial charge in [0.15, 0.2) is 0 Å². The van der Waals surface area contributed by atoms with E-state index in [1.807, 2.05) is 26.0 Å². The van der Waals surface area contributed by atoms with Gasteiger partial charge >= 0.3 is 17.9 Å². The number of rotatable bonds is 11. The van der Waals surface area contributed by atoms with E-state index in [4.69, 9.17) is 14.2 Å². The molecule has 12 nitrogen and oxygen atoms in total. The summed E-state index contributed by atoms with van der Waals surface area (Å²) in [4.78, 5) is 58.4. The second kappa shape index (κ2) is 15.9. The fraction of sp³-hybridized carbons (Fsp3) is 0.361. The zero-order valence-electron chi connectivity index (χ0n) is 27.1. The quantitative estimate of drug-likeness (QED) is 0.0468. The van der Waals surface area contributed by atoms with Crippen molar-refractivity contribution < 1.29 is 38.4 Å². The Morgan fingerprint density at radius 2 is 1.48 bits per heavy atom. The van der Waals surface area contributed by atoms with Gasteiger partial charge in [0, 0.05) is 42.2 Å². The van der Waals surface area contributed by atoms with Crippen LogP contribution in [0.1, 0.15) is 54.3 Å². The van der Waals surface area contributed by atoms with E-state index in [2.05, 4.69) is 19.1 Å². The minimum Gasteiger partial charge on any atom is -0.466 e. The summed E-state index contributed by atoms with van der Waals surface area (Å²) in [7, 11) is 1.30. The molecule has 0 aliphatic heterocycles. The Balaban J connectivity index is 1.58. The maximum atomic E-state index is 13.2. The molecular formula is C36H38N2O10. The Labute approximate surface area is 278 Å². The zero-order chi connectivity index (χ0) is 35.0. The lowest BCUT2D eigenvalue weighted by molar-refractivity contribution is -0.385. The Bertz CT molecular complexity index is 1660. The van der Waals surface area contributed by atoms with Gasteiger partial charge < -0.3 is 14.2 Å². The second-order valence-electron chi connectivity index (χ2n) is 12.0. The van der Waals surface area contributed by atoms with Gasteiger partial charge in [-0.1, -0.05) is 42.4 Å². The van der Waals surface area contributed by atoms with E-state index in [0.29, 0.717) is 6.42 Å². The van der Waals surface area contributed by atoms with Crippen LogP contribution in [-0.2, 0) is 19.0 Å². The van der Waals surface area contributed by atoms with Crippen LogP contribution in [-0.4, -0.2) is 47.6 Å². The number of allylic oxidation sites excluding steroid dienone is 5. The summed E-state index contributed by atoms with van der Waals surface area (Å²) in [6.45, 7) is 6.14. The first-order valence-corrected chi connectivity index (χ1v) is 15.6. The van der Waals surface area contributed by atoms with Crippen molar-refractivity contribution in [2.24, 2.45) is 29.6 Å². The summed E-state index contributed by atoms with van der Waals surface area (Å²) in [5, 5.41) is 22.0. The average Bonchev–Trinajstić information content (AvgIpc) is 3.07. The molecule has 0 bridgehead atoms. The number of carbonyl (C=O) groups is 3.